The molecule has 8 heteroatoms. The molecule has 0 radical (unpaired) electrons. The number of carboxylic acids is 1. The van der Waals surface area contributed by atoms with Gasteiger partial charge in [0.2, 0.25) is 0 Å². The highest BCUT2D eigenvalue weighted by molar-refractivity contribution is 7.09. The summed E-state index contributed by atoms with van der Waals surface area (Å²) in [5, 5.41) is 23.7. The van der Waals surface area contributed by atoms with Crippen LogP contribution in [-0.2, 0) is 11.4 Å². The lowest BCUT2D eigenvalue weighted by Gasteiger charge is -2.06. The number of rotatable bonds is 7. The minimum Gasteiger partial charge on any atom is -0.487 e. The van der Waals surface area contributed by atoms with Crippen molar-refractivity contribution in [3.8, 4) is 11.8 Å². The van der Waals surface area contributed by atoms with Crippen LogP contribution in [0.1, 0.15) is 26.6 Å². The Kier molecular flexibility index (Phi) is 6.57. The molecule has 3 aromatic rings. The second-order valence-electron chi connectivity index (χ2n) is 6.22. The summed E-state index contributed by atoms with van der Waals surface area (Å²) in [4.78, 5) is 27.6. The van der Waals surface area contributed by atoms with Crippen molar-refractivity contribution in [1.82, 2.24) is 4.98 Å². The highest BCUT2D eigenvalue weighted by atomic mass is 32.1. The standard InChI is InChI=1S/C22H17N3O4S/c1-14-24-19(13-30-14)12-29-20-8-2-15(3-9-20)10-17(11-23)21(26)25-18-6-4-16(5-7-18)22(27)28/h2-10,13H,12H2,1H3,(H,25,26)(H,27,28)/b17-10+. The lowest BCUT2D eigenvalue weighted by atomic mass is 10.1. The van der Waals surface area contributed by atoms with Crippen LogP contribution in [0.5, 0.6) is 5.75 Å². The van der Waals surface area contributed by atoms with E-state index in [-0.39, 0.29) is 11.1 Å². The monoisotopic (exact) mass is 419 g/mol. The summed E-state index contributed by atoms with van der Waals surface area (Å²) in [6, 6.07) is 14.6. The van der Waals surface area contributed by atoms with Crippen LogP contribution in [-0.4, -0.2) is 22.0 Å². The Morgan fingerprint density at radius 2 is 1.90 bits per heavy atom. The molecule has 0 atom stereocenters. The molecule has 0 bridgehead atoms. The first-order valence-corrected chi connectivity index (χ1v) is 9.73. The van der Waals surface area contributed by atoms with Crippen molar-refractivity contribution in [3.63, 3.8) is 0 Å². The number of aromatic nitrogens is 1. The number of nitrogens with zero attached hydrogens (tertiary/aromatic N) is 2. The minimum absolute atomic E-state index is 0.0797. The average Bonchev–Trinajstić information content (AvgIpc) is 3.16. The first-order chi connectivity index (χ1) is 14.4. The van der Waals surface area contributed by atoms with E-state index < -0.39 is 11.9 Å². The molecule has 0 saturated carbocycles. The number of amides is 1. The van der Waals surface area contributed by atoms with Crippen LogP contribution in [0, 0.1) is 18.3 Å². The van der Waals surface area contributed by atoms with Crippen molar-refractivity contribution in [3.05, 3.63) is 81.3 Å². The van der Waals surface area contributed by atoms with Crippen molar-refractivity contribution in [2.24, 2.45) is 0 Å². The fraction of sp³-hybridized carbons (Fsp3) is 0.0909. The van der Waals surface area contributed by atoms with E-state index in [0.29, 0.717) is 23.6 Å². The number of carbonyl (C=O) groups is 2. The van der Waals surface area contributed by atoms with E-state index >= 15 is 0 Å². The second-order valence-corrected chi connectivity index (χ2v) is 7.28. The van der Waals surface area contributed by atoms with Crippen LogP contribution in [0.25, 0.3) is 6.08 Å². The van der Waals surface area contributed by atoms with E-state index in [1.165, 1.54) is 30.3 Å². The number of aryl methyl sites for hydroxylation is 1. The lowest BCUT2D eigenvalue weighted by molar-refractivity contribution is -0.112. The zero-order valence-electron chi connectivity index (χ0n) is 16.0. The number of carbonyl (C=O) groups excluding carboxylic acids is 1. The third-order valence-electron chi connectivity index (χ3n) is 4.00. The first-order valence-electron chi connectivity index (χ1n) is 8.85. The topological polar surface area (TPSA) is 112 Å². The normalized spacial score (nSPS) is 10.9. The molecule has 2 N–H and O–H groups in total. The highest BCUT2D eigenvalue weighted by Crippen LogP contribution is 2.18. The van der Waals surface area contributed by atoms with Gasteiger partial charge < -0.3 is 15.2 Å². The van der Waals surface area contributed by atoms with Crippen molar-refractivity contribution >= 4 is 35.0 Å². The number of ether oxygens (including phenoxy) is 1. The van der Waals surface area contributed by atoms with Gasteiger partial charge in [0.15, 0.2) is 0 Å². The molecular formula is C22H17N3O4S. The predicted molar refractivity (Wildman–Crippen MR) is 113 cm³/mol. The molecule has 0 spiro atoms. The lowest BCUT2D eigenvalue weighted by Crippen LogP contribution is -2.13. The van der Waals surface area contributed by atoms with Crippen LogP contribution in [0.3, 0.4) is 0 Å². The number of nitriles is 1. The molecule has 7 nitrogen and oxygen atoms in total. The molecule has 1 aromatic heterocycles. The highest BCUT2D eigenvalue weighted by Gasteiger charge is 2.10. The molecule has 0 aliphatic heterocycles. The summed E-state index contributed by atoms with van der Waals surface area (Å²) >= 11 is 1.56. The Hall–Kier alpha value is -3.96. The van der Waals surface area contributed by atoms with Gasteiger partial charge in [0, 0.05) is 11.1 Å². The zero-order valence-corrected chi connectivity index (χ0v) is 16.8. The van der Waals surface area contributed by atoms with Crippen molar-refractivity contribution < 1.29 is 19.4 Å². The Morgan fingerprint density at radius 1 is 1.20 bits per heavy atom. The fourth-order valence-corrected chi connectivity index (χ4v) is 3.10. The maximum absolute atomic E-state index is 12.3. The van der Waals surface area contributed by atoms with E-state index in [1.807, 2.05) is 18.4 Å². The Morgan fingerprint density at radius 3 is 2.47 bits per heavy atom. The third-order valence-corrected chi connectivity index (χ3v) is 4.82. The summed E-state index contributed by atoms with van der Waals surface area (Å²) in [5.74, 6) is -0.987. The van der Waals surface area contributed by atoms with Crippen molar-refractivity contribution in [1.29, 1.82) is 5.26 Å². The average molecular weight is 419 g/mol. The SMILES string of the molecule is Cc1nc(COc2ccc(/C=C(\C#N)C(=O)Nc3ccc(C(=O)O)cc3)cc2)cs1. The number of anilines is 1. The smallest absolute Gasteiger partial charge is 0.335 e. The molecule has 150 valence electrons. The van der Waals surface area contributed by atoms with E-state index in [2.05, 4.69) is 10.3 Å². The van der Waals surface area contributed by atoms with Crippen molar-refractivity contribution in [2.45, 2.75) is 13.5 Å². The number of carboxylic acid groups (broad SMARTS) is 1. The van der Waals surface area contributed by atoms with Gasteiger partial charge in [0.05, 0.1) is 16.3 Å². The van der Waals surface area contributed by atoms with Gasteiger partial charge in [-0.1, -0.05) is 12.1 Å². The maximum Gasteiger partial charge on any atom is 0.335 e. The van der Waals surface area contributed by atoms with Gasteiger partial charge in [0.25, 0.3) is 5.91 Å². The molecule has 3 rings (SSSR count). The molecule has 2 aromatic carbocycles. The Bertz CT molecular complexity index is 1130. The van der Waals surface area contributed by atoms with Crippen LogP contribution in [0.2, 0.25) is 0 Å². The quantitative estimate of drug-likeness (QED) is 0.437. The Balaban J connectivity index is 1.63. The van der Waals surface area contributed by atoms with E-state index in [1.54, 1.807) is 35.6 Å². The van der Waals surface area contributed by atoms with Gasteiger partial charge in [-0.15, -0.1) is 11.3 Å². The molecule has 0 saturated heterocycles. The summed E-state index contributed by atoms with van der Waals surface area (Å²) in [7, 11) is 0. The van der Waals surface area contributed by atoms with Crippen LogP contribution >= 0.6 is 11.3 Å². The van der Waals surface area contributed by atoms with Crippen LogP contribution in [0.15, 0.2) is 59.5 Å². The number of aromatic carboxylic acids is 1. The molecule has 1 heterocycles. The van der Waals surface area contributed by atoms with Crippen molar-refractivity contribution in [2.75, 3.05) is 5.32 Å². The number of nitrogens with one attached hydrogen (secondary N) is 1. The largest absolute Gasteiger partial charge is 0.487 e. The second kappa shape index (κ2) is 9.49. The van der Waals surface area contributed by atoms with Gasteiger partial charge in [-0.05, 0) is 55.0 Å². The molecule has 0 unspecified atom stereocenters. The maximum atomic E-state index is 12.3. The third kappa shape index (κ3) is 5.53. The fourth-order valence-electron chi connectivity index (χ4n) is 2.50. The van der Waals surface area contributed by atoms with Crippen LogP contribution in [0.4, 0.5) is 5.69 Å². The minimum atomic E-state index is -1.06. The number of thiazole rings is 1. The summed E-state index contributed by atoms with van der Waals surface area (Å²) < 4.78 is 5.68. The number of hydrogen-bond acceptors (Lipinski definition) is 6. The number of hydrogen-bond donors (Lipinski definition) is 2. The Labute approximate surface area is 176 Å². The van der Waals surface area contributed by atoms with Gasteiger partial charge in [-0.3, -0.25) is 4.79 Å². The summed E-state index contributed by atoms with van der Waals surface area (Å²) in [6.07, 6.45) is 1.47. The van der Waals surface area contributed by atoms with E-state index in [9.17, 15) is 14.9 Å². The molecule has 0 aliphatic carbocycles. The van der Waals surface area contributed by atoms with E-state index in [4.69, 9.17) is 9.84 Å². The van der Waals surface area contributed by atoms with Gasteiger partial charge in [-0.25, -0.2) is 9.78 Å². The first kappa shape index (κ1) is 20.8. The van der Waals surface area contributed by atoms with Gasteiger partial charge in [-0.2, -0.15) is 5.26 Å². The summed E-state index contributed by atoms with van der Waals surface area (Å²) in [5.41, 5.74) is 1.95. The molecule has 30 heavy (non-hydrogen) atoms. The molecule has 0 aliphatic rings. The van der Waals surface area contributed by atoms with Crippen LogP contribution < -0.4 is 10.1 Å². The summed E-state index contributed by atoms with van der Waals surface area (Å²) in [6.45, 7) is 2.30. The van der Waals surface area contributed by atoms with E-state index in [0.717, 1.165) is 10.7 Å². The van der Waals surface area contributed by atoms with Gasteiger partial charge >= 0.3 is 5.97 Å². The zero-order chi connectivity index (χ0) is 21.5. The predicted octanol–water partition coefficient (Wildman–Crippen LogP) is 4.27. The number of benzene rings is 2. The molecule has 0 fully saturated rings. The van der Waals surface area contributed by atoms with Gasteiger partial charge in [0.1, 0.15) is 24.0 Å². The molecule has 1 amide bonds. The molecular weight excluding hydrogens is 402 g/mol.